The Hall–Kier alpha value is -0.760. The van der Waals surface area contributed by atoms with Crippen LogP contribution in [0.4, 0.5) is 0 Å². The van der Waals surface area contributed by atoms with E-state index in [0.29, 0.717) is 5.88 Å². The molecular weight excluding hydrogens is 283 g/mol. The topological polar surface area (TPSA) is 0 Å². The maximum atomic E-state index is 6.20. The summed E-state index contributed by atoms with van der Waals surface area (Å²) in [5.41, 5.74) is 2.34. The van der Waals surface area contributed by atoms with E-state index >= 15 is 0 Å². The van der Waals surface area contributed by atoms with Crippen molar-refractivity contribution in [1.82, 2.24) is 0 Å². The number of thiophene rings is 1. The summed E-state index contributed by atoms with van der Waals surface area (Å²) < 4.78 is 0. The first kappa shape index (κ1) is 13.7. The summed E-state index contributed by atoms with van der Waals surface area (Å²) in [6, 6.07) is 12.1. The van der Waals surface area contributed by atoms with Gasteiger partial charge in [0.25, 0.3) is 0 Å². The fourth-order valence-corrected chi connectivity index (χ4v) is 3.27. The number of benzene rings is 1. The molecule has 2 aromatic rings. The molecule has 18 heavy (non-hydrogen) atoms. The van der Waals surface area contributed by atoms with Crippen LogP contribution in [0.2, 0.25) is 5.02 Å². The Morgan fingerprint density at radius 1 is 1.22 bits per heavy atom. The molecule has 2 rings (SSSR count). The predicted octanol–water partition coefficient (Wildman–Crippen LogP) is 6.10. The summed E-state index contributed by atoms with van der Waals surface area (Å²) in [5.74, 6) is 0.593. The van der Waals surface area contributed by atoms with E-state index in [0.717, 1.165) is 17.0 Å². The molecule has 0 saturated carbocycles. The number of hydrogen-bond donors (Lipinski definition) is 0. The summed E-state index contributed by atoms with van der Waals surface area (Å²) in [4.78, 5) is 2.42. The van der Waals surface area contributed by atoms with E-state index in [9.17, 15) is 0 Å². The van der Waals surface area contributed by atoms with Crippen molar-refractivity contribution in [2.75, 3.05) is 5.88 Å². The van der Waals surface area contributed by atoms with Gasteiger partial charge < -0.3 is 0 Å². The van der Waals surface area contributed by atoms with Gasteiger partial charge >= 0.3 is 0 Å². The SMILES string of the molecule is CCC(=Cc1ccc(-c2ccccc2Cl)s1)CCl. The Morgan fingerprint density at radius 3 is 2.67 bits per heavy atom. The van der Waals surface area contributed by atoms with Gasteiger partial charge in [-0.15, -0.1) is 22.9 Å². The van der Waals surface area contributed by atoms with E-state index in [2.05, 4.69) is 25.1 Å². The molecule has 94 valence electrons. The molecule has 0 N–H and O–H groups in total. The lowest BCUT2D eigenvalue weighted by atomic mass is 10.2. The monoisotopic (exact) mass is 296 g/mol. The van der Waals surface area contributed by atoms with Crippen LogP contribution >= 0.6 is 34.5 Å². The fourth-order valence-electron chi connectivity index (χ4n) is 1.67. The van der Waals surface area contributed by atoms with E-state index in [4.69, 9.17) is 23.2 Å². The van der Waals surface area contributed by atoms with Gasteiger partial charge in [-0.1, -0.05) is 42.3 Å². The molecule has 1 aromatic heterocycles. The first-order chi connectivity index (χ1) is 8.74. The van der Waals surface area contributed by atoms with Crippen molar-refractivity contribution >= 4 is 40.6 Å². The van der Waals surface area contributed by atoms with Crippen LogP contribution < -0.4 is 0 Å². The first-order valence-electron chi connectivity index (χ1n) is 5.84. The van der Waals surface area contributed by atoms with Crippen molar-refractivity contribution in [1.29, 1.82) is 0 Å². The van der Waals surface area contributed by atoms with Crippen LogP contribution in [0, 0.1) is 0 Å². The number of allylic oxidation sites excluding steroid dienone is 1. The largest absolute Gasteiger partial charge is 0.136 e. The van der Waals surface area contributed by atoms with Crippen LogP contribution in [0.5, 0.6) is 0 Å². The Morgan fingerprint density at radius 2 is 2.00 bits per heavy atom. The van der Waals surface area contributed by atoms with Gasteiger partial charge in [-0.3, -0.25) is 0 Å². The Bertz CT molecular complexity index is 549. The average Bonchev–Trinajstić information content (AvgIpc) is 2.85. The molecular formula is C15H14Cl2S. The second-order valence-corrected chi connectivity index (χ2v) is 5.76. The third kappa shape index (κ3) is 3.17. The highest BCUT2D eigenvalue weighted by Crippen LogP contribution is 2.34. The van der Waals surface area contributed by atoms with Crippen LogP contribution in [0.1, 0.15) is 18.2 Å². The van der Waals surface area contributed by atoms with Crippen molar-refractivity contribution in [2.24, 2.45) is 0 Å². The standard InChI is InChI=1S/C15H14Cl2S/c1-2-11(10-16)9-12-7-8-15(18-12)13-5-3-4-6-14(13)17/h3-9H,2,10H2,1H3. The molecule has 0 amide bonds. The Balaban J connectivity index is 2.32. The Kier molecular flexibility index (Phi) is 4.87. The van der Waals surface area contributed by atoms with Crippen molar-refractivity contribution in [3.63, 3.8) is 0 Å². The Labute approximate surface area is 122 Å². The molecule has 1 aromatic carbocycles. The van der Waals surface area contributed by atoms with E-state index in [1.165, 1.54) is 15.3 Å². The maximum absolute atomic E-state index is 6.20. The molecule has 0 nitrogen and oxygen atoms in total. The number of hydrogen-bond acceptors (Lipinski definition) is 1. The van der Waals surface area contributed by atoms with Crippen LogP contribution in [-0.4, -0.2) is 5.88 Å². The number of rotatable bonds is 4. The molecule has 0 radical (unpaired) electrons. The number of halogens is 2. The smallest absolute Gasteiger partial charge is 0.0492 e. The molecule has 0 atom stereocenters. The summed E-state index contributed by atoms with van der Waals surface area (Å²) >= 11 is 13.8. The quantitative estimate of drug-likeness (QED) is 0.598. The van der Waals surface area contributed by atoms with Gasteiger partial charge in [-0.25, -0.2) is 0 Å². The minimum absolute atomic E-state index is 0.593. The van der Waals surface area contributed by atoms with Crippen molar-refractivity contribution in [2.45, 2.75) is 13.3 Å². The molecule has 0 aliphatic carbocycles. The van der Waals surface area contributed by atoms with Gasteiger partial charge in [0, 0.05) is 26.2 Å². The van der Waals surface area contributed by atoms with Gasteiger partial charge in [0.1, 0.15) is 0 Å². The second kappa shape index (κ2) is 6.42. The van der Waals surface area contributed by atoms with Gasteiger partial charge in [-0.2, -0.15) is 0 Å². The summed E-state index contributed by atoms with van der Waals surface area (Å²) in [7, 11) is 0. The normalized spacial score (nSPS) is 11.8. The minimum atomic E-state index is 0.593. The fraction of sp³-hybridized carbons (Fsp3) is 0.200. The third-order valence-electron chi connectivity index (χ3n) is 2.74. The molecule has 0 bridgehead atoms. The second-order valence-electron chi connectivity index (χ2n) is 3.97. The van der Waals surface area contributed by atoms with Crippen molar-refractivity contribution < 1.29 is 0 Å². The van der Waals surface area contributed by atoms with Gasteiger partial charge in [-0.05, 0) is 30.7 Å². The lowest BCUT2D eigenvalue weighted by Gasteiger charge is -1.99. The lowest BCUT2D eigenvalue weighted by molar-refractivity contribution is 1.12. The van der Waals surface area contributed by atoms with Crippen LogP contribution in [0.15, 0.2) is 42.0 Å². The van der Waals surface area contributed by atoms with Gasteiger partial charge in [0.15, 0.2) is 0 Å². The van der Waals surface area contributed by atoms with Gasteiger partial charge in [0.2, 0.25) is 0 Å². The highest BCUT2D eigenvalue weighted by atomic mass is 35.5. The summed E-state index contributed by atoms with van der Waals surface area (Å²) in [6.07, 6.45) is 3.15. The van der Waals surface area contributed by atoms with Crippen LogP contribution in [0.25, 0.3) is 16.5 Å². The molecule has 1 heterocycles. The predicted molar refractivity (Wildman–Crippen MR) is 83.8 cm³/mol. The zero-order valence-electron chi connectivity index (χ0n) is 10.1. The van der Waals surface area contributed by atoms with Crippen LogP contribution in [-0.2, 0) is 0 Å². The maximum Gasteiger partial charge on any atom is 0.0492 e. The highest BCUT2D eigenvalue weighted by molar-refractivity contribution is 7.16. The molecule has 0 saturated heterocycles. The molecule has 0 aliphatic heterocycles. The molecule has 3 heteroatoms. The van der Waals surface area contributed by atoms with Gasteiger partial charge in [0.05, 0.1) is 0 Å². The van der Waals surface area contributed by atoms with Crippen LogP contribution in [0.3, 0.4) is 0 Å². The summed E-state index contributed by atoms with van der Waals surface area (Å²) in [6.45, 7) is 2.12. The van der Waals surface area contributed by atoms with Crippen molar-refractivity contribution in [3.05, 3.63) is 51.9 Å². The first-order valence-corrected chi connectivity index (χ1v) is 7.57. The summed E-state index contributed by atoms with van der Waals surface area (Å²) in [5, 5.41) is 0.794. The molecule has 0 fully saturated rings. The van der Waals surface area contributed by atoms with E-state index in [-0.39, 0.29) is 0 Å². The molecule has 0 unspecified atom stereocenters. The third-order valence-corrected chi connectivity index (χ3v) is 4.48. The number of alkyl halides is 1. The van der Waals surface area contributed by atoms with E-state index < -0.39 is 0 Å². The van der Waals surface area contributed by atoms with E-state index in [1.54, 1.807) is 11.3 Å². The van der Waals surface area contributed by atoms with Crippen molar-refractivity contribution in [3.8, 4) is 10.4 Å². The average molecular weight is 297 g/mol. The lowest BCUT2D eigenvalue weighted by Crippen LogP contribution is -1.79. The minimum Gasteiger partial charge on any atom is -0.136 e. The highest BCUT2D eigenvalue weighted by Gasteiger charge is 2.05. The molecule has 0 aliphatic rings. The molecule has 0 spiro atoms. The van der Waals surface area contributed by atoms with E-state index in [1.807, 2.05) is 24.3 Å². The zero-order valence-corrected chi connectivity index (χ0v) is 12.4. The zero-order chi connectivity index (χ0) is 13.0.